The Morgan fingerprint density at radius 2 is 1.13 bits per heavy atom. The van der Waals surface area contributed by atoms with Crippen LogP contribution in [0.4, 0.5) is 5.00 Å². The Morgan fingerprint density at radius 3 is 1.65 bits per heavy atom. The number of hydrogen-bond donors (Lipinski definition) is 0. The van der Waals surface area contributed by atoms with Gasteiger partial charge in [0.25, 0.3) is 0 Å². The van der Waals surface area contributed by atoms with E-state index in [1.165, 1.54) is 99.7 Å². The molecular weight excluding hydrogens is 643 g/mol. The summed E-state index contributed by atoms with van der Waals surface area (Å²) in [7, 11) is 0. The van der Waals surface area contributed by atoms with E-state index < -0.39 is 0 Å². The number of fused-ring (bicyclic) bond motifs is 8. The monoisotopic (exact) mass is 669 g/mol. The minimum Gasteiger partial charge on any atom is -0.216 e. The number of allylic oxidation sites excluding steroid dienone is 3. The summed E-state index contributed by atoms with van der Waals surface area (Å²) < 4.78 is 0. The Kier molecular flexibility index (Phi) is 7.21. The van der Waals surface area contributed by atoms with Crippen molar-refractivity contribution in [3.8, 4) is 43.8 Å². The molecule has 224 valence electrons. The molecule has 4 aliphatic carbocycles. The highest BCUT2D eigenvalue weighted by Gasteiger charge is 2.58. The van der Waals surface area contributed by atoms with Crippen molar-refractivity contribution < 1.29 is 0 Å². The number of thiophene rings is 4. The summed E-state index contributed by atoms with van der Waals surface area (Å²) in [6.45, 7) is 0. The maximum atomic E-state index is 9.26. The first-order chi connectivity index (χ1) is 22.5. The molecule has 0 unspecified atom stereocenters. The SMILES string of the molecule is N#CC(C#N)=Cc1ccc(-c2cc3c(s2)C2=C(c4sc(-c5ccc(N=C(C#N)C#N)s5)cc4C24CCCCC4)C32CCCCC2)s1. The van der Waals surface area contributed by atoms with E-state index in [-0.39, 0.29) is 22.1 Å². The van der Waals surface area contributed by atoms with Crippen LogP contribution in [0, 0.1) is 45.3 Å². The molecule has 4 heterocycles. The molecule has 0 N–H and O–H groups in total. The topological polar surface area (TPSA) is 108 Å². The predicted octanol–water partition coefficient (Wildman–Crippen LogP) is 11.2. The summed E-state index contributed by atoms with van der Waals surface area (Å²) in [6.07, 6.45) is 14.0. The van der Waals surface area contributed by atoms with Crippen LogP contribution < -0.4 is 0 Å². The second-order valence-corrected chi connectivity index (χ2v) is 16.8. The zero-order valence-electron chi connectivity index (χ0n) is 25.0. The van der Waals surface area contributed by atoms with E-state index in [1.54, 1.807) is 39.9 Å². The highest BCUT2D eigenvalue weighted by atomic mass is 32.1. The van der Waals surface area contributed by atoms with Crippen LogP contribution in [0.2, 0.25) is 0 Å². The molecule has 9 heteroatoms. The molecule has 2 spiro atoms. The van der Waals surface area contributed by atoms with E-state index in [1.807, 2.05) is 59.1 Å². The van der Waals surface area contributed by atoms with Crippen molar-refractivity contribution in [1.29, 1.82) is 21.0 Å². The molecule has 0 atom stereocenters. The first-order valence-corrected chi connectivity index (χ1v) is 19.0. The highest BCUT2D eigenvalue weighted by molar-refractivity contribution is 7.25. The van der Waals surface area contributed by atoms with Gasteiger partial charge >= 0.3 is 0 Å². The molecule has 2 fully saturated rings. The molecule has 5 nitrogen and oxygen atoms in total. The number of nitrogens with zero attached hydrogens (tertiary/aromatic N) is 5. The van der Waals surface area contributed by atoms with Gasteiger partial charge in [-0.3, -0.25) is 0 Å². The quantitative estimate of drug-likeness (QED) is 0.159. The van der Waals surface area contributed by atoms with Crippen molar-refractivity contribution >= 4 is 73.3 Å². The number of rotatable bonds is 4. The van der Waals surface area contributed by atoms with Gasteiger partial charge in [-0.15, -0.1) is 45.3 Å². The molecule has 4 aliphatic rings. The summed E-state index contributed by atoms with van der Waals surface area (Å²) in [5.74, 6) is 0. The summed E-state index contributed by atoms with van der Waals surface area (Å²) in [5.41, 5.74) is 6.43. The molecule has 4 aromatic heterocycles. The molecule has 4 aromatic rings. The van der Waals surface area contributed by atoms with Crippen LogP contribution in [0.1, 0.15) is 90.0 Å². The van der Waals surface area contributed by atoms with Gasteiger partial charge in [0.05, 0.1) is 0 Å². The van der Waals surface area contributed by atoms with Crippen LogP contribution in [0.15, 0.2) is 47.0 Å². The maximum Gasteiger partial charge on any atom is 0.219 e. The Hall–Kier alpha value is -4.09. The molecular formula is C37H27N5S4. The third-order valence-electron chi connectivity index (χ3n) is 10.2. The van der Waals surface area contributed by atoms with Crippen LogP contribution >= 0.6 is 45.3 Å². The summed E-state index contributed by atoms with van der Waals surface area (Å²) >= 11 is 7.11. The van der Waals surface area contributed by atoms with Crippen LogP contribution in [-0.4, -0.2) is 5.71 Å². The van der Waals surface area contributed by atoms with E-state index in [0.717, 1.165) is 9.75 Å². The average molecular weight is 670 g/mol. The second kappa shape index (κ2) is 11.3. The zero-order valence-corrected chi connectivity index (χ0v) is 28.2. The number of aliphatic imine (C=N–C) groups is 1. The molecule has 0 saturated heterocycles. The standard InChI is InChI=1S/C37H27N5S4/c38-18-22(19-39)15-24-7-8-27(43-24)29-16-25-34(45-29)32-33(36(25)11-3-1-4-12-36)35-26(37(32)13-5-2-6-14-37)17-30(46-35)28-9-10-31(44-28)42-23(20-40)21-41/h7-10,15-17H,1-6,11-14H2. The normalized spacial score (nSPS) is 18.2. The van der Waals surface area contributed by atoms with Crippen LogP contribution in [0.25, 0.3) is 36.7 Å². The van der Waals surface area contributed by atoms with Gasteiger partial charge in [-0.2, -0.15) is 21.0 Å². The largest absolute Gasteiger partial charge is 0.219 e. The average Bonchev–Trinajstić information content (AvgIpc) is 3.93. The van der Waals surface area contributed by atoms with Gasteiger partial charge in [-0.1, -0.05) is 38.5 Å². The van der Waals surface area contributed by atoms with Crippen molar-refractivity contribution in [3.05, 3.63) is 67.7 Å². The Balaban J connectivity index is 1.28. The van der Waals surface area contributed by atoms with E-state index >= 15 is 0 Å². The van der Waals surface area contributed by atoms with Crippen molar-refractivity contribution in [3.63, 3.8) is 0 Å². The summed E-state index contributed by atoms with van der Waals surface area (Å²) in [6, 6.07) is 20.9. The van der Waals surface area contributed by atoms with Crippen LogP contribution in [-0.2, 0) is 10.8 Å². The molecule has 0 aromatic carbocycles. The smallest absolute Gasteiger partial charge is 0.216 e. The van der Waals surface area contributed by atoms with Crippen LogP contribution in [0.3, 0.4) is 0 Å². The number of nitriles is 4. The van der Waals surface area contributed by atoms with Crippen LogP contribution in [0.5, 0.6) is 0 Å². The molecule has 2 saturated carbocycles. The van der Waals surface area contributed by atoms with Crippen molar-refractivity contribution in [2.45, 2.75) is 75.0 Å². The fourth-order valence-electron chi connectivity index (χ4n) is 8.37. The van der Waals surface area contributed by atoms with Crippen molar-refractivity contribution in [2.75, 3.05) is 0 Å². The first kappa shape index (κ1) is 29.3. The van der Waals surface area contributed by atoms with E-state index in [0.29, 0.717) is 5.00 Å². The minimum atomic E-state index is -0.113. The fraction of sp³-hybridized carbons (Fsp3) is 0.324. The van der Waals surface area contributed by atoms with E-state index in [2.05, 4.69) is 29.3 Å². The lowest BCUT2D eigenvalue weighted by Gasteiger charge is -2.37. The molecule has 0 aliphatic heterocycles. The van der Waals surface area contributed by atoms with Crippen molar-refractivity contribution in [1.82, 2.24) is 0 Å². The molecule has 0 radical (unpaired) electrons. The van der Waals surface area contributed by atoms with Gasteiger partial charge in [0.15, 0.2) is 0 Å². The summed E-state index contributed by atoms with van der Waals surface area (Å²) in [5, 5.41) is 37.6. The Morgan fingerprint density at radius 1 is 0.609 bits per heavy atom. The van der Waals surface area contributed by atoms with Gasteiger partial charge in [-0.25, -0.2) is 4.99 Å². The predicted molar refractivity (Wildman–Crippen MR) is 189 cm³/mol. The third-order valence-corrected chi connectivity index (χ3v) is 14.9. The lowest BCUT2D eigenvalue weighted by molar-refractivity contribution is 0.373. The van der Waals surface area contributed by atoms with Crippen molar-refractivity contribution in [2.24, 2.45) is 4.99 Å². The fourth-order valence-corrected chi connectivity index (χ4v) is 13.2. The summed E-state index contributed by atoms with van der Waals surface area (Å²) in [4.78, 5) is 13.1. The highest BCUT2D eigenvalue weighted by Crippen LogP contribution is 2.72. The van der Waals surface area contributed by atoms with Gasteiger partial charge in [0.1, 0.15) is 34.9 Å². The lowest BCUT2D eigenvalue weighted by atomic mass is 9.67. The maximum absolute atomic E-state index is 9.26. The Labute approximate surface area is 284 Å². The Bertz CT molecular complexity index is 1990. The van der Waals surface area contributed by atoms with E-state index in [4.69, 9.17) is 0 Å². The molecule has 0 bridgehead atoms. The number of hydrogen-bond acceptors (Lipinski definition) is 9. The van der Waals surface area contributed by atoms with Gasteiger partial charge in [0.2, 0.25) is 5.71 Å². The third kappa shape index (κ3) is 4.35. The second-order valence-electron chi connectivity index (χ2n) is 12.5. The van der Waals surface area contributed by atoms with Gasteiger partial charge < -0.3 is 0 Å². The zero-order chi connectivity index (χ0) is 31.5. The molecule has 46 heavy (non-hydrogen) atoms. The molecule has 8 rings (SSSR count). The van der Waals surface area contributed by atoms with Gasteiger partial charge in [0, 0.05) is 45.0 Å². The molecule has 0 amide bonds. The van der Waals surface area contributed by atoms with E-state index in [9.17, 15) is 21.0 Å². The van der Waals surface area contributed by atoms with Gasteiger partial charge in [-0.05, 0) is 90.4 Å². The lowest BCUT2D eigenvalue weighted by Crippen LogP contribution is -2.28. The first-order valence-electron chi connectivity index (χ1n) is 15.7. The minimum absolute atomic E-state index is 0.0420.